The lowest BCUT2D eigenvalue weighted by Gasteiger charge is -2.13. The number of aromatic nitrogens is 1. The van der Waals surface area contributed by atoms with E-state index >= 15 is 0 Å². The van der Waals surface area contributed by atoms with Crippen molar-refractivity contribution < 1.29 is 14.1 Å². The predicted molar refractivity (Wildman–Crippen MR) is 95.8 cm³/mol. The highest BCUT2D eigenvalue weighted by Gasteiger charge is 2.16. The third-order valence-electron chi connectivity index (χ3n) is 3.83. The number of halogens is 1. The first-order valence-electron chi connectivity index (χ1n) is 7.74. The molecule has 0 radical (unpaired) electrons. The van der Waals surface area contributed by atoms with Gasteiger partial charge in [0.2, 0.25) is 0 Å². The first-order chi connectivity index (χ1) is 12.1. The Kier molecular flexibility index (Phi) is 5.05. The minimum absolute atomic E-state index is 0.172. The van der Waals surface area contributed by atoms with Gasteiger partial charge in [0.1, 0.15) is 5.75 Å². The average Bonchev–Trinajstić information content (AvgIpc) is 3.12. The van der Waals surface area contributed by atoms with Crippen molar-refractivity contribution in [2.24, 2.45) is 0 Å². The molecule has 128 valence electrons. The normalized spacial score (nSPS) is 11.8. The van der Waals surface area contributed by atoms with Gasteiger partial charge in [-0.1, -0.05) is 28.9 Å². The fourth-order valence-corrected chi connectivity index (χ4v) is 2.50. The maximum Gasteiger partial charge on any atom is 0.273 e. The monoisotopic (exact) mass is 356 g/mol. The van der Waals surface area contributed by atoms with E-state index in [1.165, 1.54) is 0 Å². The molecule has 0 aliphatic heterocycles. The maximum absolute atomic E-state index is 12.4. The number of amides is 1. The molecule has 3 aromatic rings. The van der Waals surface area contributed by atoms with E-state index in [1.54, 1.807) is 25.3 Å². The highest BCUT2D eigenvalue weighted by molar-refractivity contribution is 6.30. The molecule has 2 aromatic carbocycles. The van der Waals surface area contributed by atoms with E-state index in [0.29, 0.717) is 10.8 Å². The Morgan fingerprint density at radius 2 is 1.84 bits per heavy atom. The summed E-state index contributed by atoms with van der Waals surface area (Å²) in [7, 11) is 1.61. The van der Waals surface area contributed by atoms with Gasteiger partial charge < -0.3 is 14.6 Å². The van der Waals surface area contributed by atoms with Crippen LogP contribution in [0.2, 0.25) is 5.02 Å². The lowest BCUT2D eigenvalue weighted by Crippen LogP contribution is -2.26. The molecule has 0 unspecified atom stereocenters. The Balaban J connectivity index is 1.69. The molecule has 0 spiro atoms. The van der Waals surface area contributed by atoms with Crippen LogP contribution in [0.4, 0.5) is 0 Å². The second-order valence-electron chi connectivity index (χ2n) is 5.55. The van der Waals surface area contributed by atoms with E-state index < -0.39 is 0 Å². The van der Waals surface area contributed by atoms with E-state index in [9.17, 15) is 4.79 Å². The molecule has 1 heterocycles. The Morgan fingerprint density at radius 3 is 2.48 bits per heavy atom. The zero-order valence-electron chi connectivity index (χ0n) is 13.8. The molecule has 0 bridgehead atoms. The number of hydrogen-bond acceptors (Lipinski definition) is 4. The van der Waals surface area contributed by atoms with Crippen LogP contribution < -0.4 is 10.1 Å². The van der Waals surface area contributed by atoms with Gasteiger partial charge in [-0.3, -0.25) is 4.79 Å². The van der Waals surface area contributed by atoms with Crippen LogP contribution in [0.3, 0.4) is 0 Å². The number of rotatable bonds is 5. The van der Waals surface area contributed by atoms with Gasteiger partial charge in [0.15, 0.2) is 11.5 Å². The van der Waals surface area contributed by atoms with E-state index in [0.717, 1.165) is 16.9 Å². The smallest absolute Gasteiger partial charge is 0.273 e. The fourth-order valence-electron chi connectivity index (χ4n) is 2.38. The second kappa shape index (κ2) is 7.40. The SMILES string of the molecule is COc1ccc([C@@H](C)NC(=O)c2cc(-c3ccc(Cl)cc3)on2)cc1. The standard InChI is InChI=1S/C19H17ClN2O3/c1-12(13-5-9-16(24-2)10-6-13)21-19(23)17-11-18(25-22-17)14-3-7-15(20)8-4-14/h3-12H,1-2H3,(H,21,23)/t12-/m1/s1. The van der Waals surface area contributed by atoms with Crippen molar-refractivity contribution in [1.29, 1.82) is 0 Å². The van der Waals surface area contributed by atoms with Gasteiger partial charge in [-0.15, -0.1) is 0 Å². The third kappa shape index (κ3) is 4.00. The van der Waals surface area contributed by atoms with Crippen LogP contribution in [0, 0.1) is 0 Å². The van der Waals surface area contributed by atoms with Gasteiger partial charge >= 0.3 is 0 Å². The highest BCUT2D eigenvalue weighted by Crippen LogP contribution is 2.23. The molecular weight excluding hydrogens is 340 g/mol. The van der Waals surface area contributed by atoms with E-state index in [1.807, 2.05) is 43.3 Å². The van der Waals surface area contributed by atoms with Crippen molar-refractivity contribution in [2.75, 3.05) is 7.11 Å². The van der Waals surface area contributed by atoms with Crippen LogP contribution in [0.25, 0.3) is 11.3 Å². The second-order valence-corrected chi connectivity index (χ2v) is 5.99. The van der Waals surface area contributed by atoms with E-state index in [4.69, 9.17) is 20.9 Å². The van der Waals surface area contributed by atoms with Crippen molar-refractivity contribution in [3.8, 4) is 17.1 Å². The number of ether oxygens (including phenoxy) is 1. The summed E-state index contributed by atoms with van der Waals surface area (Å²) in [5.74, 6) is 0.984. The van der Waals surface area contributed by atoms with Gasteiger partial charge in [-0.05, 0) is 48.9 Å². The molecule has 6 heteroatoms. The Morgan fingerprint density at radius 1 is 1.16 bits per heavy atom. The van der Waals surface area contributed by atoms with Gasteiger partial charge in [-0.25, -0.2) is 0 Å². The fraction of sp³-hybridized carbons (Fsp3) is 0.158. The lowest BCUT2D eigenvalue weighted by atomic mass is 10.1. The Labute approximate surface area is 150 Å². The number of nitrogens with one attached hydrogen (secondary N) is 1. The topological polar surface area (TPSA) is 64.4 Å². The number of nitrogens with zero attached hydrogens (tertiary/aromatic N) is 1. The van der Waals surface area contributed by atoms with Crippen LogP contribution in [-0.2, 0) is 0 Å². The molecule has 0 saturated heterocycles. The zero-order valence-corrected chi connectivity index (χ0v) is 14.6. The molecule has 25 heavy (non-hydrogen) atoms. The lowest BCUT2D eigenvalue weighted by molar-refractivity contribution is 0.0931. The van der Waals surface area contributed by atoms with Crippen molar-refractivity contribution in [3.63, 3.8) is 0 Å². The molecule has 1 aromatic heterocycles. The van der Waals surface area contributed by atoms with Gasteiger partial charge in [0, 0.05) is 16.7 Å². The van der Waals surface area contributed by atoms with Crippen LogP contribution in [0.15, 0.2) is 59.1 Å². The summed E-state index contributed by atoms with van der Waals surface area (Å²) < 4.78 is 10.4. The molecular formula is C19H17ClN2O3. The van der Waals surface area contributed by atoms with Crippen molar-refractivity contribution in [3.05, 3.63) is 70.9 Å². The van der Waals surface area contributed by atoms with E-state index in [-0.39, 0.29) is 17.6 Å². The number of benzene rings is 2. The summed E-state index contributed by atoms with van der Waals surface area (Å²) in [6.45, 7) is 1.90. The Hall–Kier alpha value is -2.79. The Bertz CT molecular complexity index is 857. The predicted octanol–water partition coefficient (Wildman–Crippen LogP) is 4.49. The summed E-state index contributed by atoms with van der Waals surface area (Å²) in [5.41, 5.74) is 2.00. The molecule has 3 rings (SSSR count). The maximum atomic E-state index is 12.4. The molecule has 1 amide bonds. The van der Waals surface area contributed by atoms with Crippen molar-refractivity contribution >= 4 is 17.5 Å². The molecule has 1 N–H and O–H groups in total. The summed E-state index contributed by atoms with van der Waals surface area (Å²) in [6.07, 6.45) is 0. The van der Waals surface area contributed by atoms with E-state index in [2.05, 4.69) is 10.5 Å². The number of methoxy groups -OCH3 is 1. The van der Waals surface area contributed by atoms with Crippen LogP contribution in [-0.4, -0.2) is 18.2 Å². The summed E-state index contributed by atoms with van der Waals surface area (Å²) in [6, 6.07) is 16.1. The molecule has 0 aliphatic carbocycles. The molecule has 5 nitrogen and oxygen atoms in total. The number of hydrogen-bond donors (Lipinski definition) is 1. The van der Waals surface area contributed by atoms with Crippen molar-refractivity contribution in [1.82, 2.24) is 10.5 Å². The zero-order chi connectivity index (χ0) is 17.8. The quantitative estimate of drug-likeness (QED) is 0.731. The third-order valence-corrected chi connectivity index (χ3v) is 4.09. The molecule has 0 saturated carbocycles. The van der Waals surface area contributed by atoms with Crippen LogP contribution in [0.5, 0.6) is 5.75 Å². The first-order valence-corrected chi connectivity index (χ1v) is 8.12. The van der Waals surface area contributed by atoms with Crippen LogP contribution in [0.1, 0.15) is 29.0 Å². The average molecular weight is 357 g/mol. The summed E-state index contributed by atoms with van der Waals surface area (Å²) in [5, 5.41) is 7.38. The van der Waals surface area contributed by atoms with Crippen molar-refractivity contribution in [2.45, 2.75) is 13.0 Å². The van der Waals surface area contributed by atoms with Gasteiger partial charge in [0.25, 0.3) is 5.91 Å². The molecule has 1 atom stereocenters. The molecule has 0 fully saturated rings. The first kappa shape index (κ1) is 17.0. The number of carbonyl (C=O) groups is 1. The van der Waals surface area contributed by atoms with Crippen LogP contribution >= 0.6 is 11.6 Å². The summed E-state index contributed by atoms with van der Waals surface area (Å²) >= 11 is 5.87. The van der Waals surface area contributed by atoms with Gasteiger partial charge in [-0.2, -0.15) is 0 Å². The molecule has 0 aliphatic rings. The van der Waals surface area contributed by atoms with Gasteiger partial charge in [0.05, 0.1) is 13.2 Å². The minimum atomic E-state index is -0.299. The largest absolute Gasteiger partial charge is 0.497 e. The number of carbonyl (C=O) groups excluding carboxylic acids is 1. The highest BCUT2D eigenvalue weighted by atomic mass is 35.5. The summed E-state index contributed by atoms with van der Waals surface area (Å²) in [4.78, 5) is 12.4. The minimum Gasteiger partial charge on any atom is -0.497 e.